The summed E-state index contributed by atoms with van der Waals surface area (Å²) in [6, 6.07) is 37.3. The number of allylic oxidation sites excluding steroid dienone is 3. The highest BCUT2D eigenvalue weighted by atomic mass is 16.3. The molecule has 0 saturated heterocycles. The zero-order valence-corrected chi connectivity index (χ0v) is 23.4. The third-order valence-electron chi connectivity index (χ3n) is 7.90. The number of benzene rings is 4. The van der Waals surface area contributed by atoms with Crippen LogP contribution in [0.5, 0.6) is 5.88 Å². The van der Waals surface area contributed by atoms with Gasteiger partial charge in [-0.25, -0.2) is 9.36 Å². The van der Waals surface area contributed by atoms with Gasteiger partial charge in [0.05, 0.1) is 29.1 Å². The smallest absolute Gasteiger partial charge is 0.283 e. The molecule has 1 fully saturated rings. The lowest BCUT2D eigenvalue weighted by Crippen LogP contribution is -2.20. The van der Waals surface area contributed by atoms with Crippen LogP contribution in [0.25, 0.3) is 17.5 Å². The van der Waals surface area contributed by atoms with Gasteiger partial charge >= 0.3 is 0 Å². The van der Waals surface area contributed by atoms with Crippen molar-refractivity contribution in [2.45, 2.75) is 18.3 Å². The maximum atomic E-state index is 13.6. The molecule has 6 heteroatoms. The molecule has 6 rings (SSSR count). The van der Waals surface area contributed by atoms with Crippen LogP contribution in [0.1, 0.15) is 34.9 Å². The van der Waals surface area contributed by atoms with E-state index in [1.165, 1.54) is 9.36 Å². The van der Waals surface area contributed by atoms with E-state index in [1.807, 2.05) is 109 Å². The monoisotopic (exact) mass is 566 g/mol. The summed E-state index contributed by atoms with van der Waals surface area (Å²) in [7, 11) is 0. The number of nitrogens with zero attached hydrogens (tertiary/aromatic N) is 2. The van der Waals surface area contributed by atoms with Gasteiger partial charge in [-0.1, -0.05) is 115 Å². The topological polar surface area (TPSA) is 81.3 Å². The van der Waals surface area contributed by atoms with Crippen molar-refractivity contribution < 1.29 is 14.7 Å². The molecule has 0 radical (unpaired) electrons. The van der Waals surface area contributed by atoms with Crippen LogP contribution >= 0.6 is 0 Å². The number of ketones is 2. The van der Waals surface area contributed by atoms with Gasteiger partial charge in [0.1, 0.15) is 5.56 Å². The molecular weight excluding hydrogens is 536 g/mol. The van der Waals surface area contributed by atoms with Crippen molar-refractivity contribution in [1.29, 1.82) is 0 Å². The molecule has 1 N–H and O–H groups in total. The molecule has 0 amide bonds. The number of aromatic hydroxyl groups is 1. The Labute approximate surface area is 249 Å². The minimum Gasteiger partial charge on any atom is -0.493 e. The van der Waals surface area contributed by atoms with E-state index in [0.29, 0.717) is 11.4 Å². The number of hydrogen-bond acceptors (Lipinski definition) is 4. The quantitative estimate of drug-likeness (QED) is 0.169. The van der Waals surface area contributed by atoms with Crippen LogP contribution in [0.4, 0.5) is 0 Å². The Kier molecular flexibility index (Phi) is 7.83. The highest BCUT2D eigenvalue weighted by molar-refractivity contribution is 6.16. The summed E-state index contributed by atoms with van der Waals surface area (Å²) in [6.07, 6.45) is 6.92. The number of carbonyl (C=O) groups is 2. The van der Waals surface area contributed by atoms with E-state index in [0.717, 1.165) is 11.1 Å². The van der Waals surface area contributed by atoms with Gasteiger partial charge in [-0.15, -0.1) is 0 Å². The highest BCUT2D eigenvalue weighted by Crippen LogP contribution is 2.45. The average molecular weight is 567 g/mol. The van der Waals surface area contributed by atoms with Crippen LogP contribution in [0.2, 0.25) is 0 Å². The number of rotatable bonds is 8. The lowest BCUT2D eigenvalue weighted by atomic mass is 9.83. The van der Waals surface area contributed by atoms with Crippen LogP contribution in [-0.4, -0.2) is 26.0 Å². The largest absolute Gasteiger partial charge is 0.493 e. The third kappa shape index (κ3) is 5.31. The molecule has 43 heavy (non-hydrogen) atoms. The zero-order chi connectivity index (χ0) is 29.8. The first-order valence-electron chi connectivity index (χ1n) is 14.2. The Morgan fingerprint density at radius 1 is 0.581 bits per heavy atom. The molecule has 1 saturated carbocycles. The summed E-state index contributed by atoms with van der Waals surface area (Å²) in [5.41, 5.74) is 2.67. The molecule has 1 heterocycles. The van der Waals surface area contributed by atoms with Crippen molar-refractivity contribution >= 4 is 17.6 Å². The third-order valence-corrected chi connectivity index (χ3v) is 7.90. The van der Waals surface area contributed by atoms with Crippen LogP contribution in [-0.2, 0) is 9.59 Å². The SMILES string of the molecule is O=C1C(CC=CC=Cc2c(O)n(-c3ccccc3)n(-c3ccccc3)c2=O)C(=O)C(c2ccccc2)C1c1ccccc1. The maximum Gasteiger partial charge on any atom is 0.283 e. The molecule has 4 aromatic carbocycles. The Morgan fingerprint density at radius 2 is 1.02 bits per heavy atom. The van der Waals surface area contributed by atoms with Gasteiger partial charge in [0.15, 0.2) is 11.6 Å². The van der Waals surface area contributed by atoms with Crippen molar-refractivity contribution in [1.82, 2.24) is 9.36 Å². The van der Waals surface area contributed by atoms with Gasteiger partial charge in [-0.05, 0) is 47.9 Å². The molecule has 212 valence electrons. The number of aromatic nitrogens is 2. The summed E-state index contributed by atoms with van der Waals surface area (Å²) in [6.45, 7) is 0. The molecule has 0 aliphatic heterocycles. The predicted molar refractivity (Wildman–Crippen MR) is 168 cm³/mol. The summed E-state index contributed by atoms with van der Waals surface area (Å²) in [5, 5.41) is 11.2. The van der Waals surface area contributed by atoms with Gasteiger partial charge in [-0.3, -0.25) is 14.4 Å². The van der Waals surface area contributed by atoms with E-state index >= 15 is 0 Å². The lowest BCUT2D eigenvalue weighted by molar-refractivity contribution is -0.127. The van der Waals surface area contributed by atoms with Crippen LogP contribution in [0.3, 0.4) is 0 Å². The number of Topliss-reactive ketones (excluding diaryl/α,β-unsaturated/α-hetero) is 2. The van der Waals surface area contributed by atoms with Crippen molar-refractivity contribution in [2.75, 3.05) is 0 Å². The van der Waals surface area contributed by atoms with E-state index in [2.05, 4.69) is 0 Å². The van der Waals surface area contributed by atoms with Gasteiger partial charge in [-0.2, -0.15) is 0 Å². The fourth-order valence-corrected chi connectivity index (χ4v) is 5.88. The van der Waals surface area contributed by atoms with Gasteiger partial charge in [0, 0.05) is 0 Å². The van der Waals surface area contributed by atoms with Gasteiger partial charge in [0.2, 0.25) is 5.88 Å². The van der Waals surface area contributed by atoms with Gasteiger partial charge < -0.3 is 5.11 Å². The zero-order valence-electron chi connectivity index (χ0n) is 23.4. The molecule has 1 aromatic heterocycles. The molecule has 0 spiro atoms. The summed E-state index contributed by atoms with van der Waals surface area (Å²) in [4.78, 5) is 40.8. The lowest BCUT2D eigenvalue weighted by Gasteiger charge is -2.17. The molecule has 0 bridgehead atoms. The summed E-state index contributed by atoms with van der Waals surface area (Å²) >= 11 is 0. The maximum absolute atomic E-state index is 13.6. The molecule has 1 aliphatic rings. The second kappa shape index (κ2) is 12.2. The minimum absolute atomic E-state index is 0.0815. The molecule has 5 aromatic rings. The van der Waals surface area contributed by atoms with Crippen molar-refractivity contribution in [3.05, 3.63) is 167 Å². The van der Waals surface area contributed by atoms with Crippen molar-refractivity contribution in [2.24, 2.45) is 5.92 Å². The van der Waals surface area contributed by atoms with Crippen molar-refractivity contribution in [3.63, 3.8) is 0 Å². The fraction of sp³-hybridized carbons (Fsp3) is 0.108. The van der Waals surface area contributed by atoms with E-state index in [1.54, 1.807) is 36.4 Å². The van der Waals surface area contributed by atoms with E-state index in [9.17, 15) is 19.5 Å². The molecular formula is C37H30N2O4. The summed E-state index contributed by atoms with van der Waals surface area (Å²) < 4.78 is 2.90. The number of para-hydroxylation sites is 2. The van der Waals surface area contributed by atoms with Crippen LogP contribution in [0.15, 0.2) is 144 Å². The van der Waals surface area contributed by atoms with Gasteiger partial charge in [0.25, 0.3) is 5.56 Å². The van der Waals surface area contributed by atoms with Crippen LogP contribution in [0, 0.1) is 5.92 Å². The Bertz CT molecular complexity index is 1800. The van der Waals surface area contributed by atoms with E-state index in [4.69, 9.17) is 0 Å². The van der Waals surface area contributed by atoms with E-state index < -0.39 is 17.8 Å². The first kappa shape index (κ1) is 27.7. The number of carbonyl (C=O) groups excluding carboxylic acids is 2. The summed E-state index contributed by atoms with van der Waals surface area (Å²) in [5.74, 6) is -2.18. The average Bonchev–Trinajstić information content (AvgIpc) is 3.46. The minimum atomic E-state index is -0.761. The predicted octanol–water partition coefficient (Wildman–Crippen LogP) is 6.63. The normalized spacial score (nSPS) is 18.7. The highest BCUT2D eigenvalue weighted by Gasteiger charge is 2.49. The molecule has 2 atom stereocenters. The Balaban J connectivity index is 1.27. The Hall–Kier alpha value is -5.49. The Morgan fingerprint density at radius 3 is 1.51 bits per heavy atom. The molecule has 6 nitrogen and oxygen atoms in total. The van der Waals surface area contributed by atoms with Crippen molar-refractivity contribution in [3.8, 4) is 17.3 Å². The first-order chi connectivity index (χ1) is 21.1. The second-order valence-electron chi connectivity index (χ2n) is 10.5. The first-order valence-corrected chi connectivity index (χ1v) is 14.2. The van der Waals surface area contributed by atoms with E-state index in [-0.39, 0.29) is 35.0 Å². The fourth-order valence-electron chi connectivity index (χ4n) is 5.88. The number of hydrogen-bond donors (Lipinski definition) is 1. The van der Waals surface area contributed by atoms with Crippen LogP contribution < -0.4 is 5.56 Å². The molecule has 2 unspecified atom stereocenters. The standard InChI is InChI=1S/C37H30N2O4/c40-34-30(35(41)33(27-18-8-2-9-19-27)32(34)26-16-6-1-7-17-26)24-14-5-15-25-31-36(42)38(28-20-10-3-11-21-28)39(37(31)43)29-22-12-4-13-23-29/h1-23,25,30,32-33,42H,24H2. The second-order valence-corrected chi connectivity index (χ2v) is 10.5. The molecule has 1 aliphatic carbocycles.